The second-order valence-corrected chi connectivity index (χ2v) is 7.48. The van der Waals surface area contributed by atoms with Gasteiger partial charge in [0.05, 0.1) is 29.4 Å². The van der Waals surface area contributed by atoms with E-state index < -0.39 is 36.3 Å². The van der Waals surface area contributed by atoms with E-state index in [1.54, 1.807) is 42.5 Å². The first-order chi connectivity index (χ1) is 15.7. The van der Waals surface area contributed by atoms with Crippen molar-refractivity contribution in [3.63, 3.8) is 0 Å². The van der Waals surface area contributed by atoms with Gasteiger partial charge in [0.25, 0.3) is 5.91 Å². The monoisotopic (exact) mass is 452 g/mol. The number of guanidine groups is 1. The van der Waals surface area contributed by atoms with E-state index in [0.29, 0.717) is 16.9 Å². The second-order valence-electron chi connectivity index (χ2n) is 7.48. The lowest BCUT2D eigenvalue weighted by atomic mass is 10.0. The van der Waals surface area contributed by atoms with Gasteiger partial charge in [0.1, 0.15) is 13.1 Å². The zero-order valence-corrected chi connectivity index (χ0v) is 17.9. The molecule has 6 N–H and O–H groups in total. The summed E-state index contributed by atoms with van der Waals surface area (Å²) >= 11 is 0. The Labute approximate surface area is 189 Å². The van der Waals surface area contributed by atoms with Gasteiger partial charge in [0.15, 0.2) is 5.96 Å². The van der Waals surface area contributed by atoms with E-state index >= 15 is 0 Å². The number of amides is 3. The average molecular weight is 452 g/mol. The fourth-order valence-corrected chi connectivity index (χ4v) is 3.51. The lowest BCUT2D eigenvalue weighted by molar-refractivity contribution is -0.137. The highest BCUT2D eigenvalue weighted by atomic mass is 16.4. The Balaban J connectivity index is 1.84. The van der Waals surface area contributed by atoms with Crippen molar-refractivity contribution in [1.82, 2.24) is 10.2 Å². The number of fused-ring (bicyclic) bond motifs is 1. The molecule has 0 unspecified atom stereocenters. The molecule has 11 nitrogen and oxygen atoms in total. The number of hydrogen-bond acceptors (Lipinski definition) is 5. The largest absolute Gasteiger partial charge is 0.481 e. The smallest absolute Gasteiger partial charge is 0.305 e. The number of benzene rings is 2. The first kappa shape index (κ1) is 23.3. The number of carbonyl (C=O) groups is 4. The van der Waals surface area contributed by atoms with Crippen molar-refractivity contribution in [2.45, 2.75) is 12.5 Å². The number of carboxylic acid groups (broad SMARTS) is 1. The van der Waals surface area contributed by atoms with E-state index in [2.05, 4.69) is 10.3 Å². The van der Waals surface area contributed by atoms with Crippen LogP contribution in [-0.4, -0.2) is 59.8 Å². The van der Waals surface area contributed by atoms with Crippen LogP contribution in [0.4, 0.5) is 11.4 Å². The summed E-state index contributed by atoms with van der Waals surface area (Å²) in [7, 11) is 1.52. The van der Waals surface area contributed by atoms with E-state index in [1.165, 1.54) is 18.0 Å². The molecule has 172 valence electrons. The lowest BCUT2D eigenvalue weighted by Gasteiger charge is -2.22. The topological polar surface area (TPSA) is 171 Å². The average Bonchev–Trinajstić information content (AvgIpc) is 2.84. The molecule has 0 bridgehead atoms. The van der Waals surface area contributed by atoms with Crippen LogP contribution in [-0.2, 0) is 14.4 Å². The summed E-state index contributed by atoms with van der Waals surface area (Å²) in [5, 5.41) is 11.9. The molecule has 1 heterocycles. The Morgan fingerprint density at radius 2 is 1.85 bits per heavy atom. The van der Waals surface area contributed by atoms with Crippen LogP contribution in [0.3, 0.4) is 0 Å². The predicted octanol–water partition coefficient (Wildman–Crippen LogP) is 0.342. The molecule has 3 rings (SSSR count). The quantitative estimate of drug-likeness (QED) is 0.346. The van der Waals surface area contributed by atoms with Crippen molar-refractivity contribution in [1.29, 1.82) is 0 Å². The van der Waals surface area contributed by atoms with Gasteiger partial charge in [-0.3, -0.25) is 19.2 Å². The van der Waals surface area contributed by atoms with Gasteiger partial charge in [0.2, 0.25) is 11.8 Å². The number of carboxylic acids is 1. The third kappa shape index (κ3) is 5.64. The van der Waals surface area contributed by atoms with Gasteiger partial charge in [-0.25, -0.2) is 4.99 Å². The fraction of sp³-hybridized carbons (Fsp3) is 0.227. The number of hydrogen-bond donors (Lipinski definition) is 4. The Morgan fingerprint density at radius 1 is 1.15 bits per heavy atom. The normalized spacial score (nSPS) is 14.2. The highest BCUT2D eigenvalue weighted by molar-refractivity contribution is 6.10. The number of aliphatic carboxylic acids is 1. The van der Waals surface area contributed by atoms with Crippen LogP contribution in [0, 0.1) is 0 Å². The van der Waals surface area contributed by atoms with Crippen LogP contribution in [0.25, 0.3) is 0 Å². The molecule has 0 radical (unpaired) electrons. The molecule has 0 saturated heterocycles. The fourth-order valence-electron chi connectivity index (χ4n) is 3.51. The standard InChI is InChI=1S/C22H24N6O5/c1-27-17-8-7-14(25-22(23)24)9-15(17)21(33)28(12-19(27)30)11-18(29)26-16(10-20(31)32)13-5-3-2-4-6-13/h2-9,16H,10-12H2,1H3,(H,26,29)(H,31,32)(H4,23,24,25)/t16-/m0/s1. The molecule has 0 aliphatic carbocycles. The number of nitrogens with two attached hydrogens (primary N) is 2. The molecule has 1 atom stereocenters. The molecule has 0 fully saturated rings. The summed E-state index contributed by atoms with van der Waals surface area (Å²) < 4.78 is 0. The van der Waals surface area contributed by atoms with Crippen LogP contribution in [0.2, 0.25) is 0 Å². The number of anilines is 1. The minimum atomic E-state index is -1.09. The zero-order valence-electron chi connectivity index (χ0n) is 17.9. The molecule has 2 aromatic rings. The van der Waals surface area contributed by atoms with Gasteiger partial charge in [-0.05, 0) is 23.8 Å². The van der Waals surface area contributed by atoms with Crippen molar-refractivity contribution in [2.75, 3.05) is 25.0 Å². The van der Waals surface area contributed by atoms with Crippen molar-refractivity contribution in [3.05, 3.63) is 59.7 Å². The van der Waals surface area contributed by atoms with Crippen molar-refractivity contribution < 1.29 is 24.3 Å². The lowest BCUT2D eigenvalue weighted by Crippen LogP contribution is -2.44. The number of carbonyl (C=O) groups excluding carboxylic acids is 3. The molecular formula is C22H24N6O5. The van der Waals surface area contributed by atoms with Crippen molar-refractivity contribution in [3.8, 4) is 0 Å². The van der Waals surface area contributed by atoms with Crippen molar-refractivity contribution >= 4 is 41.0 Å². The highest BCUT2D eigenvalue weighted by Crippen LogP contribution is 2.29. The highest BCUT2D eigenvalue weighted by Gasteiger charge is 2.31. The molecular weight excluding hydrogens is 428 g/mol. The van der Waals surface area contributed by atoms with Crippen LogP contribution in [0.1, 0.15) is 28.4 Å². The molecule has 0 saturated carbocycles. The summed E-state index contributed by atoms with van der Waals surface area (Å²) in [5.41, 5.74) is 12.3. The molecule has 0 spiro atoms. The summed E-state index contributed by atoms with van der Waals surface area (Å²) in [4.78, 5) is 56.2. The van der Waals surface area contributed by atoms with Crippen LogP contribution in [0.15, 0.2) is 53.5 Å². The second kappa shape index (κ2) is 9.81. The number of rotatable bonds is 7. The van der Waals surface area contributed by atoms with Gasteiger partial charge in [-0.1, -0.05) is 30.3 Å². The summed E-state index contributed by atoms with van der Waals surface area (Å²) in [6.45, 7) is -0.767. The third-order valence-corrected chi connectivity index (χ3v) is 5.07. The summed E-state index contributed by atoms with van der Waals surface area (Å²) in [6.07, 6.45) is -0.337. The summed E-state index contributed by atoms with van der Waals surface area (Å²) in [5.74, 6) is -2.83. The van der Waals surface area contributed by atoms with E-state index in [0.717, 1.165) is 4.90 Å². The molecule has 2 aromatic carbocycles. The van der Waals surface area contributed by atoms with Crippen LogP contribution >= 0.6 is 0 Å². The van der Waals surface area contributed by atoms with Gasteiger partial charge in [-0.15, -0.1) is 0 Å². The SMILES string of the molecule is CN1C(=O)CN(CC(=O)N[C@@H](CC(=O)O)c2ccccc2)C(=O)c2cc(N=C(N)N)ccc21. The summed E-state index contributed by atoms with van der Waals surface area (Å²) in [6, 6.07) is 12.4. The van der Waals surface area contributed by atoms with Gasteiger partial charge < -0.3 is 31.7 Å². The minimum Gasteiger partial charge on any atom is -0.481 e. The van der Waals surface area contributed by atoms with Gasteiger partial charge in [0, 0.05) is 7.05 Å². The van der Waals surface area contributed by atoms with E-state index in [-0.39, 0.29) is 24.5 Å². The first-order valence-corrected chi connectivity index (χ1v) is 10.0. The molecule has 33 heavy (non-hydrogen) atoms. The Hall–Kier alpha value is -4.41. The minimum absolute atomic E-state index is 0.156. The maximum Gasteiger partial charge on any atom is 0.305 e. The Morgan fingerprint density at radius 3 is 2.48 bits per heavy atom. The maximum absolute atomic E-state index is 13.2. The first-order valence-electron chi connectivity index (χ1n) is 10.0. The third-order valence-electron chi connectivity index (χ3n) is 5.07. The molecule has 3 amide bonds. The number of nitrogens with zero attached hydrogens (tertiary/aromatic N) is 3. The van der Waals surface area contributed by atoms with E-state index in [1.807, 2.05) is 0 Å². The van der Waals surface area contributed by atoms with Crippen LogP contribution in [0.5, 0.6) is 0 Å². The molecule has 0 aromatic heterocycles. The number of nitrogens with one attached hydrogen (secondary N) is 1. The zero-order chi connectivity index (χ0) is 24.1. The van der Waals surface area contributed by atoms with Gasteiger partial charge >= 0.3 is 5.97 Å². The number of likely N-dealkylation sites (N-methyl/N-ethyl adjacent to an activating group) is 1. The van der Waals surface area contributed by atoms with E-state index in [9.17, 15) is 24.3 Å². The Kier molecular flexibility index (Phi) is 6.91. The van der Waals surface area contributed by atoms with Crippen molar-refractivity contribution in [2.24, 2.45) is 16.5 Å². The number of aliphatic imine (C=N–C) groups is 1. The maximum atomic E-state index is 13.2. The van der Waals surface area contributed by atoms with Crippen LogP contribution < -0.4 is 21.7 Å². The van der Waals surface area contributed by atoms with Gasteiger partial charge in [-0.2, -0.15) is 0 Å². The molecule has 1 aliphatic rings. The predicted molar refractivity (Wildman–Crippen MR) is 121 cm³/mol. The molecule has 11 heteroatoms. The molecule has 1 aliphatic heterocycles. The van der Waals surface area contributed by atoms with E-state index in [4.69, 9.17) is 11.5 Å². The Bertz CT molecular complexity index is 1110.